The Hall–Kier alpha value is -3.41. The van der Waals surface area contributed by atoms with Gasteiger partial charge >= 0.3 is 0 Å². The fraction of sp³-hybridized carbons (Fsp3) is 0. The average Bonchev–Trinajstić information content (AvgIpc) is 3.04. The molecule has 6 heteroatoms. The highest BCUT2D eigenvalue weighted by Gasteiger charge is 2.08. The molecule has 4 rings (SSSR count). The Bertz CT molecular complexity index is 1020. The molecule has 4 N–H and O–H groups in total. The normalized spacial score (nSPS) is 10.9. The van der Waals surface area contributed by atoms with E-state index in [1.165, 1.54) is 18.3 Å². The lowest BCUT2D eigenvalue weighted by Gasteiger charge is -2.10. The Balaban J connectivity index is 1.70. The molecule has 0 aliphatic heterocycles. The van der Waals surface area contributed by atoms with Crippen molar-refractivity contribution < 1.29 is 4.39 Å². The summed E-state index contributed by atoms with van der Waals surface area (Å²) in [4.78, 5) is 11.8. The van der Waals surface area contributed by atoms with Gasteiger partial charge in [-0.15, -0.1) is 0 Å². The molecule has 0 radical (unpaired) electrons. The van der Waals surface area contributed by atoms with E-state index in [1.54, 1.807) is 12.1 Å². The van der Waals surface area contributed by atoms with Gasteiger partial charge < -0.3 is 16.0 Å². The summed E-state index contributed by atoms with van der Waals surface area (Å²) in [5.74, 6) is 0.398. The molecule has 0 aliphatic carbocycles. The van der Waals surface area contributed by atoms with Gasteiger partial charge in [-0.25, -0.2) is 14.4 Å². The maximum Gasteiger partial charge on any atom is 0.173 e. The van der Waals surface area contributed by atoms with Gasteiger partial charge in [0.25, 0.3) is 0 Å². The van der Waals surface area contributed by atoms with Crippen LogP contribution in [0, 0.1) is 5.82 Å². The van der Waals surface area contributed by atoms with Crippen LogP contribution in [0.2, 0.25) is 0 Å². The lowest BCUT2D eigenvalue weighted by molar-refractivity contribution is 0.628. The highest BCUT2D eigenvalue weighted by Crippen LogP contribution is 2.26. The number of nitrogens with one attached hydrogen (secondary N) is 2. The van der Waals surface area contributed by atoms with E-state index in [0.717, 1.165) is 16.6 Å². The number of nitrogen functional groups attached to an aromatic ring is 1. The minimum atomic E-state index is -0.321. The molecule has 0 spiro atoms. The van der Waals surface area contributed by atoms with Gasteiger partial charge in [-0.1, -0.05) is 12.1 Å². The van der Waals surface area contributed by atoms with E-state index in [9.17, 15) is 4.39 Å². The number of anilines is 3. The van der Waals surface area contributed by atoms with Crippen LogP contribution >= 0.6 is 0 Å². The van der Waals surface area contributed by atoms with Gasteiger partial charge in [0.1, 0.15) is 5.82 Å². The monoisotopic (exact) mass is 319 g/mol. The van der Waals surface area contributed by atoms with E-state index in [4.69, 9.17) is 5.73 Å². The molecule has 0 saturated heterocycles. The lowest BCUT2D eigenvalue weighted by Crippen LogP contribution is -2.02. The number of H-pyrrole nitrogens is 1. The topological polar surface area (TPSA) is 79.6 Å². The first kappa shape index (κ1) is 14.2. The summed E-state index contributed by atoms with van der Waals surface area (Å²) in [5, 5.41) is 4.25. The van der Waals surface area contributed by atoms with Crippen LogP contribution in [0.3, 0.4) is 0 Å². The van der Waals surface area contributed by atoms with Gasteiger partial charge in [-0.2, -0.15) is 0 Å². The van der Waals surface area contributed by atoms with Crippen LogP contribution < -0.4 is 11.1 Å². The number of nitrogens with zero attached hydrogens (tertiary/aromatic N) is 2. The van der Waals surface area contributed by atoms with E-state index in [0.29, 0.717) is 17.1 Å². The molecule has 24 heavy (non-hydrogen) atoms. The van der Waals surface area contributed by atoms with Gasteiger partial charge in [0.2, 0.25) is 0 Å². The van der Waals surface area contributed by atoms with Crippen molar-refractivity contribution in [3.8, 4) is 11.3 Å². The zero-order chi connectivity index (χ0) is 16.5. The first-order valence-electron chi connectivity index (χ1n) is 7.42. The molecule has 5 nitrogen and oxygen atoms in total. The minimum Gasteiger partial charge on any atom is -0.381 e. The van der Waals surface area contributed by atoms with Crippen molar-refractivity contribution in [1.29, 1.82) is 0 Å². The van der Waals surface area contributed by atoms with Crippen LogP contribution in [-0.4, -0.2) is 15.0 Å². The highest BCUT2D eigenvalue weighted by molar-refractivity contribution is 5.84. The molecule has 0 fully saturated rings. The van der Waals surface area contributed by atoms with Gasteiger partial charge in [-0.3, -0.25) is 0 Å². The second-order valence-corrected chi connectivity index (χ2v) is 5.40. The van der Waals surface area contributed by atoms with Gasteiger partial charge in [0, 0.05) is 28.4 Å². The van der Waals surface area contributed by atoms with E-state index in [1.807, 2.05) is 30.5 Å². The SMILES string of the molecule is Nc1ncc(-c2cccc(F)c2)nc1Nc1ccc2[nH]ccc2c1. The van der Waals surface area contributed by atoms with Crippen molar-refractivity contribution in [3.05, 3.63) is 66.7 Å². The lowest BCUT2D eigenvalue weighted by atomic mass is 10.1. The van der Waals surface area contributed by atoms with Crippen LogP contribution in [0.25, 0.3) is 22.2 Å². The summed E-state index contributed by atoms with van der Waals surface area (Å²) < 4.78 is 13.4. The van der Waals surface area contributed by atoms with Crippen LogP contribution in [0.4, 0.5) is 21.7 Å². The molecule has 2 heterocycles. The largest absolute Gasteiger partial charge is 0.381 e. The maximum atomic E-state index is 13.4. The number of halogens is 1. The third-order valence-electron chi connectivity index (χ3n) is 3.74. The van der Waals surface area contributed by atoms with Crippen molar-refractivity contribution >= 4 is 28.2 Å². The van der Waals surface area contributed by atoms with Gasteiger partial charge in [-0.05, 0) is 36.4 Å². The number of hydrogen-bond donors (Lipinski definition) is 3. The number of fused-ring (bicyclic) bond motifs is 1. The molecule has 118 valence electrons. The Labute approximate surface area is 137 Å². The number of benzene rings is 2. The third-order valence-corrected chi connectivity index (χ3v) is 3.74. The Kier molecular flexibility index (Phi) is 3.35. The summed E-state index contributed by atoms with van der Waals surface area (Å²) in [5.41, 5.74) is 9.01. The quantitative estimate of drug-likeness (QED) is 0.531. The molecular weight excluding hydrogens is 305 g/mol. The molecular formula is C18H14FN5. The maximum absolute atomic E-state index is 13.4. The molecule has 0 saturated carbocycles. The van der Waals surface area contributed by atoms with Crippen LogP contribution in [0.15, 0.2) is 60.9 Å². The molecule has 2 aromatic carbocycles. The summed E-state index contributed by atoms with van der Waals surface area (Å²) in [6.45, 7) is 0. The van der Waals surface area contributed by atoms with Crippen molar-refractivity contribution in [2.45, 2.75) is 0 Å². The van der Waals surface area contributed by atoms with Crippen molar-refractivity contribution in [2.75, 3.05) is 11.1 Å². The smallest absolute Gasteiger partial charge is 0.173 e. The van der Waals surface area contributed by atoms with Crippen molar-refractivity contribution in [1.82, 2.24) is 15.0 Å². The van der Waals surface area contributed by atoms with E-state index >= 15 is 0 Å². The molecule has 4 aromatic rings. The van der Waals surface area contributed by atoms with Crippen molar-refractivity contribution in [3.63, 3.8) is 0 Å². The van der Waals surface area contributed by atoms with Crippen LogP contribution in [-0.2, 0) is 0 Å². The Morgan fingerprint density at radius 2 is 2.00 bits per heavy atom. The minimum absolute atomic E-state index is 0.282. The number of aromatic amines is 1. The predicted molar refractivity (Wildman–Crippen MR) is 93.4 cm³/mol. The molecule has 0 bridgehead atoms. The first-order chi connectivity index (χ1) is 11.7. The number of hydrogen-bond acceptors (Lipinski definition) is 4. The standard InChI is InChI=1S/C18H14FN5/c19-13-3-1-2-11(8-13)16-10-22-17(20)18(24-16)23-14-4-5-15-12(9-14)6-7-21-15/h1-10,21H,(H2,20,22)(H,23,24). The van der Waals surface area contributed by atoms with Crippen molar-refractivity contribution in [2.24, 2.45) is 0 Å². The Morgan fingerprint density at radius 1 is 1.08 bits per heavy atom. The number of rotatable bonds is 3. The Morgan fingerprint density at radius 3 is 2.88 bits per heavy atom. The molecule has 0 amide bonds. The molecule has 2 aromatic heterocycles. The number of nitrogens with two attached hydrogens (primary N) is 1. The predicted octanol–water partition coefficient (Wildman–Crippen LogP) is 4.09. The van der Waals surface area contributed by atoms with Gasteiger partial charge in [0.05, 0.1) is 11.9 Å². The molecule has 0 unspecified atom stereocenters. The van der Waals surface area contributed by atoms with E-state index in [2.05, 4.69) is 20.3 Å². The zero-order valence-electron chi connectivity index (χ0n) is 12.6. The number of aromatic nitrogens is 3. The molecule has 0 aliphatic rings. The van der Waals surface area contributed by atoms with Crippen LogP contribution in [0.5, 0.6) is 0 Å². The first-order valence-corrected chi connectivity index (χ1v) is 7.42. The van der Waals surface area contributed by atoms with E-state index < -0.39 is 0 Å². The molecule has 0 atom stereocenters. The average molecular weight is 319 g/mol. The summed E-state index contributed by atoms with van der Waals surface area (Å²) in [6, 6.07) is 14.1. The fourth-order valence-electron chi connectivity index (χ4n) is 2.55. The fourth-order valence-corrected chi connectivity index (χ4v) is 2.55. The summed E-state index contributed by atoms with van der Waals surface area (Å²) >= 11 is 0. The summed E-state index contributed by atoms with van der Waals surface area (Å²) in [6.07, 6.45) is 3.41. The second-order valence-electron chi connectivity index (χ2n) is 5.40. The summed E-state index contributed by atoms with van der Waals surface area (Å²) in [7, 11) is 0. The highest BCUT2D eigenvalue weighted by atomic mass is 19.1. The van der Waals surface area contributed by atoms with E-state index in [-0.39, 0.29) is 11.6 Å². The second kappa shape index (κ2) is 5.66. The van der Waals surface area contributed by atoms with Crippen LogP contribution in [0.1, 0.15) is 0 Å². The van der Waals surface area contributed by atoms with Gasteiger partial charge in [0.15, 0.2) is 11.6 Å². The zero-order valence-corrected chi connectivity index (χ0v) is 12.6. The third kappa shape index (κ3) is 2.65.